The van der Waals surface area contributed by atoms with Crippen LogP contribution in [-0.4, -0.2) is 29.4 Å². The predicted molar refractivity (Wildman–Crippen MR) is 97.4 cm³/mol. The number of benzene rings is 1. The van der Waals surface area contributed by atoms with E-state index in [1.54, 1.807) is 25.8 Å². The largest absolute Gasteiger partial charge is 0.345 e. The van der Waals surface area contributed by atoms with E-state index in [1.807, 2.05) is 24.3 Å². The molecule has 2 aromatic rings. The Kier molecular flexibility index (Phi) is 6.13. The van der Waals surface area contributed by atoms with Crippen molar-refractivity contribution in [3.05, 3.63) is 68.6 Å². The van der Waals surface area contributed by atoms with Crippen LogP contribution in [0.2, 0.25) is 0 Å². The number of aromatic amines is 1. The third-order valence-corrected chi connectivity index (χ3v) is 4.51. The van der Waals surface area contributed by atoms with E-state index >= 15 is 0 Å². The molecule has 5 heteroatoms. The summed E-state index contributed by atoms with van der Waals surface area (Å²) in [6.45, 7) is 4.23. The Labute approximate surface area is 147 Å². The van der Waals surface area contributed by atoms with Crippen molar-refractivity contribution in [2.45, 2.75) is 33.1 Å². The van der Waals surface area contributed by atoms with Crippen molar-refractivity contribution in [2.24, 2.45) is 0 Å². The molecule has 0 radical (unpaired) electrons. The third kappa shape index (κ3) is 4.57. The van der Waals surface area contributed by atoms with Gasteiger partial charge in [-0.2, -0.15) is 5.26 Å². The minimum absolute atomic E-state index is 0.0550. The molecule has 1 aromatic heterocycles. The number of rotatable bonds is 6. The molecule has 0 aliphatic carbocycles. The maximum Gasteiger partial charge on any atom is 0.266 e. The van der Waals surface area contributed by atoms with Crippen LogP contribution in [0.5, 0.6) is 0 Å². The summed E-state index contributed by atoms with van der Waals surface area (Å²) >= 11 is 0. The van der Waals surface area contributed by atoms with Crippen molar-refractivity contribution < 1.29 is 4.79 Å². The minimum Gasteiger partial charge on any atom is -0.345 e. The first-order chi connectivity index (χ1) is 11.9. The topological polar surface area (TPSA) is 77.0 Å². The number of pyridine rings is 1. The van der Waals surface area contributed by atoms with Gasteiger partial charge in [-0.15, -0.1) is 0 Å². The number of hydrogen-bond donors (Lipinski definition) is 1. The summed E-state index contributed by atoms with van der Waals surface area (Å²) < 4.78 is 0. The Hall–Kier alpha value is -2.87. The predicted octanol–water partition coefficient (Wildman–Crippen LogP) is 2.50. The monoisotopic (exact) mass is 337 g/mol. The molecule has 0 fully saturated rings. The Balaban J connectivity index is 1.98. The Bertz CT molecular complexity index is 848. The zero-order valence-electron chi connectivity index (χ0n) is 14.9. The second-order valence-electron chi connectivity index (χ2n) is 6.22. The van der Waals surface area contributed by atoms with Crippen LogP contribution < -0.4 is 5.56 Å². The maximum atomic E-state index is 12.4. The molecule has 0 saturated carbocycles. The van der Waals surface area contributed by atoms with Gasteiger partial charge in [0.2, 0.25) is 5.91 Å². The smallest absolute Gasteiger partial charge is 0.266 e. The number of nitrogens with zero attached hydrogens (tertiary/aromatic N) is 2. The van der Waals surface area contributed by atoms with Gasteiger partial charge in [0.25, 0.3) is 5.56 Å². The van der Waals surface area contributed by atoms with E-state index in [9.17, 15) is 9.59 Å². The van der Waals surface area contributed by atoms with Crippen molar-refractivity contribution in [3.8, 4) is 6.07 Å². The van der Waals surface area contributed by atoms with Gasteiger partial charge in [-0.3, -0.25) is 9.59 Å². The highest BCUT2D eigenvalue weighted by molar-refractivity contribution is 5.76. The molecule has 1 N–H and O–H groups in total. The zero-order chi connectivity index (χ0) is 18.4. The second-order valence-corrected chi connectivity index (χ2v) is 6.22. The average Bonchev–Trinajstić information content (AvgIpc) is 2.60. The first-order valence-electron chi connectivity index (χ1n) is 8.34. The van der Waals surface area contributed by atoms with E-state index in [0.717, 1.165) is 17.7 Å². The first kappa shape index (κ1) is 18.5. The molecule has 0 atom stereocenters. The molecule has 1 aromatic carbocycles. The number of H-pyrrole nitrogens is 1. The number of nitriles is 1. The van der Waals surface area contributed by atoms with Crippen LogP contribution in [0.4, 0.5) is 0 Å². The van der Waals surface area contributed by atoms with Crippen LogP contribution >= 0.6 is 0 Å². The lowest BCUT2D eigenvalue weighted by Gasteiger charge is -2.18. The number of hydrogen-bond acceptors (Lipinski definition) is 3. The van der Waals surface area contributed by atoms with E-state index in [0.29, 0.717) is 24.9 Å². The number of likely N-dealkylation sites (N-methyl/N-ethyl adjacent to an activating group) is 1. The third-order valence-electron chi connectivity index (χ3n) is 4.51. The lowest BCUT2D eigenvalue weighted by Crippen LogP contribution is -2.29. The van der Waals surface area contributed by atoms with Crippen molar-refractivity contribution in [1.29, 1.82) is 5.26 Å². The molecule has 0 aliphatic rings. The fraction of sp³-hybridized carbons (Fsp3) is 0.350. The zero-order valence-corrected chi connectivity index (χ0v) is 14.9. The fourth-order valence-electron chi connectivity index (χ4n) is 2.91. The number of carbonyl (C=O) groups is 1. The number of aryl methyl sites for hydroxylation is 1. The van der Waals surface area contributed by atoms with Gasteiger partial charge in [-0.25, -0.2) is 0 Å². The SMILES string of the molecule is Cc1[nH]c(=O)c(C#N)c(C)c1CCC(=O)N(C)CCc1ccccc1. The summed E-state index contributed by atoms with van der Waals surface area (Å²) in [7, 11) is 1.80. The van der Waals surface area contributed by atoms with Gasteiger partial charge in [0.05, 0.1) is 0 Å². The highest BCUT2D eigenvalue weighted by Gasteiger charge is 2.15. The molecule has 130 valence electrons. The summed E-state index contributed by atoms with van der Waals surface area (Å²) in [5.74, 6) is 0.0550. The molecule has 1 heterocycles. The van der Waals surface area contributed by atoms with E-state index in [1.165, 1.54) is 5.56 Å². The Morgan fingerprint density at radius 2 is 1.88 bits per heavy atom. The van der Waals surface area contributed by atoms with E-state index in [4.69, 9.17) is 5.26 Å². The van der Waals surface area contributed by atoms with Gasteiger partial charge in [0.1, 0.15) is 11.6 Å². The van der Waals surface area contributed by atoms with E-state index < -0.39 is 0 Å². The Morgan fingerprint density at radius 1 is 1.20 bits per heavy atom. The molecule has 25 heavy (non-hydrogen) atoms. The molecular formula is C20H23N3O2. The number of aromatic nitrogens is 1. The normalized spacial score (nSPS) is 10.3. The maximum absolute atomic E-state index is 12.4. The van der Waals surface area contributed by atoms with E-state index in [2.05, 4.69) is 17.1 Å². The standard InChI is InChI=1S/C20H23N3O2/c1-14-17(15(2)22-20(25)18(14)13-21)9-10-19(24)23(3)12-11-16-7-5-4-6-8-16/h4-8H,9-12H2,1-3H3,(H,22,25). The summed E-state index contributed by atoms with van der Waals surface area (Å²) in [6, 6.07) is 12.0. The van der Waals surface area contributed by atoms with Gasteiger partial charge in [0.15, 0.2) is 0 Å². The average molecular weight is 337 g/mol. The van der Waals surface area contributed by atoms with Crippen LogP contribution in [0.15, 0.2) is 35.1 Å². The molecule has 0 saturated heterocycles. The van der Waals surface area contributed by atoms with Gasteiger partial charge < -0.3 is 9.88 Å². The fourth-order valence-corrected chi connectivity index (χ4v) is 2.91. The quantitative estimate of drug-likeness (QED) is 0.880. The molecular weight excluding hydrogens is 314 g/mol. The molecule has 0 spiro atoms. The molecule has 0 bridgehead atoms. The van der Waals surface area contributed by atoms with Crippen LogP contribution in [0.25, 0.3) is 0 Å². The first-order valence-corrected chi connectivity index (χ1v) is 8.34. The molecule has 5 nitrogen and oxygen atoms in total. The summed E-state index contributed by atoms with van der Waals surface area (Å²) in [5.41, 5.74) is 3.23. The molecule has 2 rings (SSSR count). The van der Waals surface area contributed by atoms with Gasteiger partial charge in [0, 0.05) is 25.7 Å². The summed E-state index contributed by atoms with van der Waals surface area (Å²) in [4.78, 5) is 28.6. The van der Waals surface area contributed by atoms with Gasteiger partial charge in [-0.05, 0) is 43.4 Å². The lowest BCUT2D eigenvalue weighted by atomic mass is 9.99. The molecule has 0 aliphatic heterocycles. The molecule has 1 amide bonds. The summed E-state index contributed by atoms with van der Waals surface area (Å²) in [5, 5.41) is 9.11. The van der Waals surface area contributed by atoms with Gasteiger partial charge in [-0.1, -0.05) is 30.3 Å². The van der Waals surface area contributed by atoms with Crippen LogP contribution in [-0.2, 0) is 17.6 Å². The van der Waals surface area contributed by atoms with Crippen LogP contribution in [0.1, 0.15) is 34.4 Å². The number of carbonyl (C=O) groups excluding carboxylic acids is 1. The van der Waals surface area contributed by atoms with Crippen LogP contribution in [0, 0.1) is 25.2 Å². The van der Waals surface area contributed by atoms with E-state index in [-0.39, 0.29) is 17.0 Å². The Morgan fingerprint density at radius 3 is 2.52 bits per heavy atom. The summed E-state index contributed by atoms with van der Waals surface area (Å²) in [6.07, 6.45) is 1.68. The van der Waals surface area contributed by atoms with Crippen LogP contribution in [0.3, 0.4) is 0 Å². The number of nitrogens with one attached hydrogen (secondary N) is 1. The van der Waals surface area contributed by atoms with Crippen molar-refractivity contribution in [1.82, 2.24) is 9.88 Å². The van der Waals surface area contributed by atoms with Crippen molar-refractivity contribution in [2.75, 3.05) is 13.6 Å². The highest BCUT2D eigenvalue weighted by Crippen LogP contribution is 2.15. The minimum atomic E-state index is -0.368. The molecule has 0 unspecified atom stereocenters. The van der Waals surface area contributed by atoms with Crippen molar-refractivity contribution >= 4 is 5.91 Å². The lowest BCUT2D eigenvalue weighted by molar-refractivity contribution is -0.129. The second kappa shape index (κ2) is 8.29. The van der Waals surface area contributed by atoms with Crippen molar-refractivity contribution in [3.63, 3.8) is 0 Å². The number of amides is 1. The highest BCUT2D eigenvalue weighted by atomic mass is 16.2. The van der Waals surface area contributed by atoms with Gasteiger partial charge >= 0.3 is 0 Å².